The molecule has 1 saturated heterocycles. The lowest BCUT2D eigenvalue weighted by Gasteiger charge is -2.51. The van der Waals surface area contributed by atoms with Crippen LogP contribution < -0.4 is 4.74 Å². The van der Waals surface area contributed by atoms with E-state index >= 15 is 0 Å². The second-order valence-corrected chi connectivity index (χ2v) is 8.13. The third-order valence-electron chi connectivity index (χ3n) is 5.94. The number of nitrogens with zero attached hydrogens (tertiary/aromatic N) is 1. The lowest BCUT2D eigenvalue weighted by molar-refractivity contribution is -0.110. The molecular formula is C21H32FNO2. The SMILES string of the molecule is CCOc1ccc2c(c1)CCN1C[C@H](CC(C)C)[C@](O)(CC[19F])C[C@@H]21. The van der Waals surface area contributed by atoms with Crippen LogP contribution in [0.25, 0.3) is 0 Å². The van der Waals surface area contributed by atoms with Crippen molar-refractivity contribution in [2.45, 2.75) is 58.1 Å². The van der Waals surface area contributed by atoms with Gasteiger partial charge >= 0.3 is 0 Å². The predicted molar refractivity (Wildman–Crippen MR) is 98.7 cm³/mol. The first kappa shape index (κ1) is 18.7. The van der Waals surface area contributed by atoms with Crippen LogP contribution in [0.4, 0.5) is 4.39 Å². The van der Waals surface area contributed by atoms with Crippen molar-refractivity contribution in [1.82, 2.24) is 4.90 Å². The topological polar surface area (TPSA) is 32.7 Å². The highest BCUT2D eigenvalue weighted by Crippen LogP contribution is 2.46. The zero-order valence-corrected chi connectivity index (χ0v) is 15.8. The molecule has 3 atom stereocenters. The van der Waals surface area contributed by atoms with Crippen molar-refractivity contribution in [3.05, 3.63) is 29.3 Å². The lowest BCUT2D eigenvalue weighted by atomic mass is 9.70. The van der Waals surface area contributed by atoms with Gasteiger partial charge in [0.05, 0.1) is 18.9 Å². The number of ether oxygens (including phenoxy) is 1. The minimum Gasteiger partial charge on any atom is -0.494 e. The molecule has 1 aromatic rings. The number of rotatable bonds is 6. The van der Waals surface area contributed by atoms with Gasteiger partial charge in [-0.2, -0.15) is 0 Å². The fourth-order valence-corrected chi connectivity index (χ4v) is 4.74. The van der Waals surface area contributed by atoms with Crippen molar-refractivity contribution in [1.29, 1.82) is 0 Å². The summed E-state index contributed by atoms with van der Waals surface area (Å²) in [6, 6.07) is 6.51. The minimum absolute atomic E-state index is 0.156. The number of benzene rings is 1. The average molecular weight is 349 g/mol. The van der Waals surface area contributed by atoms with E-state index < -0.39 is 12.3 Å². The maximum absolute atomic E-state index is 13.2. The van der Waals surface area contributed by atoms with Gasteiger partial charge in [0.1, 0.15) is 5.75 Å². The minimum atomic E-state index is -0.895. The van der Waals surface area contributed by atoms with Crippen LogP contribution in [-0.4, -0.2) is 42.0 Å². The Bertz CT molecular complexity index is 591. The largest absolute Gasteiger partial charge is 0.494 e. The Morgan fingerprint density at radius 1 is 1.40 bits per heavy atom. The first-order valence-corrected chi connectivity index (χ1v) is 9.75. The molecule has 0 aliphatic carbocycles. The summed E-state index contributed by atoms with van der Waals surface area (Å²) in [5.74, 6) is 1.59. The van der Waals surface area contributed by atoms with Crippen molar-refractivity contribution in [2.75, 3.05) is 26.4 Å². The Kier molecular flexibility index (Phi) is 5.69. The molecule has 0 spiro atoms. The molecule has 0 radical (unpaired) electrons. The molecular weight excluding hydrogens is 317 g/mol. The third kappa shape index (κ3) is 3.85. The second-order valence-electron chi connectivity index (χ2n) is 8.13. The molecule has 4 heteroatoms. The van der Waals surface area contributed by atoms with E-state index in [1.165, 1.54) is 11.1 Å². The molecule has 140 valence electrons. The second kappa shape index (κ2) is 7.63. The molecule has 0 bridgehead atoms. The number of hydrogen-bond acceptors (Lipinski definition) is 3. The fourth-order valence-electron chi connectivity index (χ4n) is 4.74. The molecule has 1 fully saturated rings. The maximum atomic E-state index is 13.2. The number of halogens is 1. The number of fused-ring (bicyclic) bond motifs is 3. The summed E-state index contributed by atoms with van der Waals surface area (Å²) in [6.07, 6.45) is 2.86. The van der Waals surface area contributed by atoms with Crippen LogP contribution in [0.3, 0.4) is 0 Å². The van der Waals surface area contributed by atoms with Gasteiger partial charge in [-0.05, 0) is 55.4 Å². The average Bonchev–Trinajstić information content (AvgIpc) is 2.55. The fraction of sp³-hybridized carbons (Fsp3) is 0.714. The van der Waals surface area contributed by atoms with Gasteiger partial charge in [-0.3, -0.25) is 9.29 Å². The molecule has 2 aliphatic heterocycles. The van der Waals surface area contributed by atoms with E-state index in [9.17, 15) is 9.50 Å². The molecule has 1 N–H and O–H groups in total. The van der Waals surface area contributed by atoms with Gasteiger partial charge in [-0.25, -0.2) is 0 Å². The molecule has 0 unspecified atom stereocenters. The van der Waals surface area contributed by atoms with Gasteiger partial charge in [0, 0.05) is 31.5 Å². The van der Waals surface area contributed by atoms with Crippen LogP contribution in [0, 0.1) is 11.8 Å². The van der Waals surface area contributed by atoms with E-state index in [-0.39, 0.29) is 18.4 Å². The molecule has 25 heavy (non-hydrogen) atoms. The molecule has 1 aromatic carbocycles. The first-order chi connectivity index (χ1) is 12.0. The van der Waals surface area contributed by atoms with E-state index in [2.05, 4.69) is 30.9 Å². The molecule has 2 aliphatic rings. The van der Waals surface area contributed by atoms with E-state index in [4.69, 9.17) is 4.74 Å². The monoisotopic (exact) mass is 349 g/mol. The quantitative estimate of drug-likeness (QED) is 0.838. The number of aliphatic hydroxyl groups is 1. The molecule has 0 saturated carbocycles. The summed E-state index contributed by atoms with van der Waals surface area (Å²) in [4.78, 5) is 2.50. The Balaban J connectivity index is 1.87. The summed E-state index contributed by atoms with van der Waals surface area (Å²) in [5.41, 5.74) is 1.71. The summed E-state index contributed by atoms with van der Waals surface area (Å²) < 4.78 is 18.8. The van der Waals surface area contributed by atoms with Crippen molar-refractivity contribution in [3.63, 3.8) is 0 Å². The molecule has 3 rings (SSSR count). The van der Waals surface area contributed by atoms with Gasteiger partial charge in [0.15, 0.2) is 0 Å². The number of alkyl halides is 1. The highest BCUT2D eigenvalue weighted by atomic mass is 19.1. The highest BCUT2D eigenvalue weighted by molar-refractivity contribution is 5.40. The van der Waals surface area contributed by atoms with Gasteiger partial charge in [0.25, 0.3) is 0 Å². The van der Waals surface area contributed by atoms with Gasteiger partial charge in [-0.15, -0.1) is 0 Å². The van der Waals surface area contributed by atoms with E-state index in [1.54, 1.807) is 0 Å². The number of piperidine rings is 1. The van der Waals surface area contributed by atoms with Crippen molar-refractivity contribution in [3.8, 4) is 5.75 Å². The summed E-state index contributed by atoms with van der Waals surface area (Å²) in [7, 11) is 0. The smallest absolute Gasteiger partial charge is 0.119 e. The van der Waals surface area contributed by atoms with Crippen molar-refractivity contribution in [2.24, 2.45) is 11.8 Å². The Labute approximate surface area is 151 Å². The zero-order chi connectivity index (χ0) is 18.0. The van der Waals surface area contributed by atoms with Crippen LogP contribution in [0.5, 0.6) is 5.75 Å². The van der Waals surface area contributed by atoms with Crippen molar-refractivity contribution >= 4 is 0 Å². The Morgan fingerprint density at radius 3 is 2.88 bits per heavy atom. The lowest BCUT2D eigenvalue weighted by Crippen LogP contribution is -2.55. The molecule has 3 nitrogen and oxygen atoms in total. The zero-order valence-electron chi connectivity index (χ0n) is 15.8. The van der Waals surface area contributed by atoms with Crippen molar-refractivity contribution < 1.29 is 14.2 Å². The Morgan fingerprint density at radius 2 is 2.20 bits per heavy atom. The van der Waals surface area contributed by atoms with Gasteiger partial charge < -0.3 is 9.84 Å². The summed E-state index contributed by atoms with van der Waals surface area (Å²) in [5, 5.41) is 11.3. The first-order valence-electron chi connectivity index (χ1n) is 9.75. The van der Waals surface area contributed by atoms with E-state index in [0.717, 1.165) is 31.7 Å². The maximum Gasteiger partial charge on any atom is 0.119 e. The van der Waals surface area contributed by atoms with Crippen LogP contribution in [0.15, 0.2) is 18.2 Å². The van der Waals surface area contributed by atoms with Crippen LogP contribution in [0.2, 0.25) is 0 Å². The normalized spacial score (nSPS) is 29.4. The predicted octanol–water partition coefficient (Wildman–Crippen LogP) is 4.14. The van der Waals surface area contributed by atoms with Gasteiger partial charge in [-0.1, -0.05) is 19.9 Å². The van der Waals surface area contributed by atoms with Gasteiger partial charge in [0.2, 0.25) is 0 Å². The van der Waals surface area contributed by atoms with Crippen LogP contribution >= 0.6 is 0 Å². The summed E-state index contributed by atoms with van der Waals surface area (Å²) >= 11 is 0. The highest BCUT2D eigenvalue weighted by Gasteiger charge is 2.47. The summed E-state index contributed by atoms with van der Waals surface area (Å²) in [6.45, 7) is 8.45. The molecule has 2 heterocycles. The third-order valence-corrected chi connectivity index (χ3v) is 5.94. The molecule has 0 aromatic heterocycles. The van der Waals surface area contributed by atoms with E-state index in [1.807, 2.05) is 13.0 Å². The number of hydrogen-bond donors (Lipinski definition) is 1. The van der Waals surface area contributed by atoms with Crippen LogP contribution in [0.1, 0.15) is 57.2 Å². The molecule has 0 amide bonds. The standard InChI is InChI=1S/C21H32FNO2/c1-4-25-18-5-6-19-16(12-18)7-10-23-14-17(11-15(2)3)21(24,8-9-22)13-20(19)23/h5-6,12,15,17,20,24H,4,7-11,13-14H2,1-3H3/t17-,20-,21-/m0/s1/i22+0. The Hall–Kier alpha value is -1.13. The van der Waals surface area contributed by atoms with E-state index in [0.29, 0.717) is 18.9 Å². The van der Waals surface area contributed by atoms with Crippen LogP contribution in [-0.2, 0) is 6.42 Å².